The Morgan fingerprint density at radius 1 is 1.14 bits per heavy atom. The number of carbonyl (C=O) groups excluding carboxylic acids is 1. The number of hydrogen-bond acceptors (Lipinski definition) is 6. The van der Waals surface area contributed by atoms with E-state index in [-0.39, 0.29) is 17.3 Å². The summed E-state index contributed by atoms with van der Waals surface area (Å²) < 4.78 is 11.5. The van der Waals surface area contributed by atoms with Gasteiger partial charge in [0.05, 0.1) is 12.2 Å². The third kappa shape index (κ3) is 7.26. The SMILES string of the molecule is CC(C)(C)OCCOc1ccc(Cl)c(-c2ccnc(NC(=O)c3nnc(CC4CCCC4)[nH]3)c2)c1. The lowest BCUT2D eigenvalue weighted by molar-refractivity contribution is -0.0162. The van der Waals surface area contributed by atoms with Gasteiger partial charge in [-0.05, 0) is 62.6 Å². The van der Waals surface area contributed by atoms with Gasteiger partial charge in [0.1, 0.15) is 24.0 Å². The summed E-state index contributed by atoms with van der Waals surface area (Å²) in [5, 5.41) is 11.5. The summed E-state index contributed by atoms with van der Waals surface area (Å²) in [5.41, 5.74) is 1.36. The minimum atomic E-state index is -0.387. The van der Waals surface area contributed by atoms with E-state index in [4.69, 9.17) is 21.1 Å². The number of H-pyrrole nitrogens is 1. The summed E-state index contributed by atoms with van der Waals surface area (Å²) in [6.07, 6.45) is 7.39. The second kappa shape index (κ2) is 11.2. The Kier molecular flexibility index (Phi) is 8.03. The molecule has 8 nitrogen and oxygen atoms in total. The number of amides is 1. The van der Waals surface area contributed by atoms with E-state index in [1.165, 1.54) is 25.7 Å². The van der Waals surface area contributed by atoms with Crippen molar-refractivity contribution < 1.29 is 14.3 Å². The summed E-state index contributed by atoms with van der Waals surface area (Å²) >= 11 is 6.47. The van der Waals surface area contributed by atoms with Crippen molar-refractivity contribution in [3.8, 4) is 16.9 Å². The fourth-order valence-electron chi connectivity index (χ4n) is 4.14. The van der Waals surface area contributed by atoms with Crippen LogP contribution in [0, 0.1) is 5.92 Å². The van der Waals surface area contributed by atoms with E-state index in [9.17, 15) is 4.79 Å². The molecule has 3 aromatic rings. The molecule has 9 heteroatoms. The van der Waals surface area contributed by atoms with Crippen LogP contribution in [0.4, 0.5) is 5.82 Å². The average Bonchev–Trinajstić information content (AvgIpc) is 3.50. The number of nitrogens with one attached hydrogen (secondary N) is 2. The number of aromatic nitrogens is 4. The Morgan fingerprint density at radius 3 is 2.71 bits per heavy atom. The molecule has 0 radical (unpaired) electrons. The molecule has 1 amide bonds. The Hall–Kier alpha value is -2.97. The number of aromatic amines is 1. The molecule has 186 valence electrons. The molecule has 4 rings (SSSR count). The van der Waals surface area contributed by atoms with E-state index in [0.717, 1.165) is 23.4 Å². The molecule has 0 aliphatic heterocycles. The number of halogens is 1. The molecule has 1 aliphatic carbocycles. The number of anilines is 1. The van der Waals surface area contributed by atoms with Crippen molar-refractivity contribution >= 4 is 23.3 Å². The molecule has 1 aromatic carbocycles. The minimum Gasteiger partial charge on any atom is -0.491 e. The van der Waals surface area contributed by atoms with Gasteiger partial charge < -0.3 is 19.8 Å². The van der Waals surface area contributed by atoms with Crippen LogP contribution >= 0.6 is 11.6 Å². The van der Waals surface area contributed by atoms with Crippen molar-refractivity contribution in [3.05, 3.63) is 53.2 Å². The number of nitrogens with zero attached hydrogens (tertiary/aromatic N) is 3. The van der Waals surface area contributed by atoms with Crippen molar-refractivity contribution in [2.45, 2.75) is 58.5 Å². The zero-order valence-corrected chi connectivity index (χ0v) is 21.2. The first-order valence-electron chi connectivity index (χ1n) is 12.0. The molecule has 2 heterocycles. The highest BCUT2D eigenvalue weighted by Crippen LogP contribution is 2.32. The van der Waals surface area contributed by atoms with E-state index in [1.807, 2.05) is 39.0 Å². The average molecular weight is 498 g/mol. The van der Waals surface area contributed by atoms with E-state index in [0.29, 0.717) is 35.7 Å². The molecule has 0 saturated heterocycles. The lowest BCUT2D eigenvalue weighted by Gasteiger charge is -2.19. The zero-order valence-electron chi connectivity index (χ0n) is 20.4. The standard InChI is InChI=1S/C26H32ClN5O3/c1-26(2,3)35-13-12-34-19-8-9-21(27)20(16-19)18-10-11-28-22(15-18)30-25(33)24-29-23(31-32-24)14-17-6-4-5-7-17/h8-11,15-17H,4-7,12-14H2,1-3H3,(H,28,30,33)(H,29,31,32). The Labute approximate surface area is 210 Å². The molecule has 0 spiro atoms. The van der Waals surface area contributed by atoms with Gasteiger partial charge in [0.2, 0.25) is 5.82 Å². The molecule has 1 aliphatic rings. The van der Waals surface area contributed by atoms with E-state index < -0.39 is 0 Å². The van der Waals surface area contributed by atoms with Gasteiger partial charge in [0.15, 0.2) is 0 Å². The lowest BCUT2D eigenvalue weighted by Crippen LogP contribution is -2.22. The van der Waals surface area contributed by atoms with Crippen LogP contribution in [0.2, 0.25) is 5.02 Å². The fourth-order valence-corrected chi connectivity index (χ4v) is 4.37. The van der Waals surface area contributed by atoms with Gasteiger partial charge in [-0.2, -0.15) is 0 Å². The second-order valence-corrected chi connectivity index (χ2v) is 10.2. The fraction of sp³-hybridized carbons (Fsp3) is 0.462. The maximum absolute atomic E-state index is 12.7. The van der Waals surface area contributed by atoms with Gasteiger partial charge in [-0.25, -0.2) is 4.98 Å². The van der Waals surface area contributed by atoms with Crippen molar-refractivity contribution in [3.63, 3.8) is 0 Å². The predicted molar refractivity (Wildman–Crippen MR) is 136 cm³/mol. The van der Waals surface area contributed by atoms with Crippen molar-refractivity contribution in [1.29, 1.82) is 0 Å². The number of benzene rings is 1. The Morgan fingerprint density at radius 2 is 1.94 bits per heavy atom. The normalized spacial score (nSPS) is 14.3. The van der Waals surface area contributed by atoms with E-state index in [2.05, 4.69) is 25.5 Å². The summed E-state index contributed by atoms with van der Waals surface area (Å²) in [7, 11) is 0. The maximum Gasteiger partial charge on any atom is 0.294 e. The van der Waals surface area contributed by atoms with Gasteiger partial charge in [0, 0.05) is 23.2 Å². The molecule has 35 heavy (non-hydrogen) atoms. The zero-order chi connectivity index (χ0) is 24.8. The first-order valence-corrected chi connectivity index (χ1v) is 12.4. The van der Waals surface area contributed by atoms with Crippen molar-refractivity contribution in [1.82, 2.24) is 20.2 Å². The molecule has 1 saturated carbocycles. The molecule has 0 atom stereocenters. The molecule has 2 aromatic heterocycles. The van der Waals surface area contributed by atoms with Crippen LogP contribution in [0.25, 0.3) is 11.1 Å². The van der Waals surface area contributed by atoms with Gasteiger partial charge in [-0.15, -0.1) is 10.2 Å². The highest BCUT2D eigenvalue weighted by Gasteiger charge is 2.19. The Balaban J connectivity index is 1.40. The smallest absolute Gasteiger partial charge is 0.294 e. The summed E-state index contributed by atoms with van der Waals surface area (Å²) in [6.45, 7) is 6.92. The predicted octanol–water partition coefficient (Wildman–Crippen LogP) is 5.70. The van der Waals surface area contributed by atoms with Gasteiger partial charge >= 0.3 is 0 Å². The van der Waals surface area contributed by atoms with E-state index >= 15 is 0 Å². The lowest BCUT2D eigenvalue weighted by atomic mass is 10.0. The molecule has 0 bridgehead atoms. The molecule has 0 unspecified atom stereocenters. The number of hydrogen-bond donors (Lipinski definition) is 2. The third-order valence-corrected chi connectivity index (χ3v) is 6.17. The number of carbonyl (C=O) groups is 1. The maximum atomic E-state index is 12.7. The van der Waals surface area contributed by atoms with Crippen LogP contribution < -0.4 is 10.1 Å². The molecular formula is C26H32ClN5O3. The Bertz CT molecular complexity index is 1150. The highest BCUT2D eigenvalue weighted by atomic mass is 35.5. The minimum absolute atomic E-state index is 0.177. The van der Waals surface area contributed by atoms with E-state index in [1.54, 1.807) is 18.3 Å². The van der Waals surface area contributed by atoms with Crippen LogP contribution in [0.15, 0.2) is 36.5 Å². The van der Waals surface area contributed by atoms with Crippen LogP contribution in [0.1, 0.15) is 62.9 Å². The molecule has 1 fully saturated rings. The number of pyridine rings is 1. The van der Waals surface area contributed by atoms with Crippen LogP contribution in [-0.4, -0.2) is 44.9 Å². The van der Waals surface area contributed by atoms with Crippen molar-refractivity contribution in [2.24, 2.45) is 5.92 Å². The summed E-state index contributed by atoms with van der Waals surface area (Å²) in [4.78, 5) is 20.0. The van der Waals surface area contributed by atoms with Crippen LogP contribution in [0.3, 0.4) is 0 Å². The first kappa shape index (κ1) is 25.1. The number of ether oxygens (including phenoxy) is 2. The second-order valence-electron chi connectivity index (χ2n) is 9.81. The topological polar surface area (TPSA) is 102 Å². The monoisotopic (exact) mass is 497 g/mol. The van der Waals surface area contributed by atoms with Gasteiger partial charge in [-0.3, -0.25) is 4.79 Å². The quantitative estimate of drug-likeness (QED) is 0.368. The van der Waals surface area contributed by atoms with Crippen LogP contribution in [0.5, 0.6) is 5.75 Å². The molecule has 2 N–H and O–H groups in total. The summed E-state index contributed by atoms with van der Waals surface area (Å²) in [6, 6.07) is 9.07. The van der Waals surface area contributed by atoms with Crippen LogP contribution in [-0.2, 0) is 11.2 Å². The number of rotatable bonds is 9. The molecular weight excluding hydrogens is 466 g/mol. The van der Waals surface area contributed by atoms with Gasteiger partial charge in [0.25, 0.3) is 5.91 Å². The van der Waals surface area contributed by atoms with Gasteiger partial charge in [-0.1, -0.05) is 37.3 Å². The van der Waals surface area contributed by atoms with Crippen molar-refractivity contribution in [2.75, 3.05) is 18.5 Å². The largest absolute Gasteiger partial charge is 0.491 e. The summed E-state index contributed by atoms with van der Waals surface area (Å²) in [5.74, 6) is 2.23. The third-order valence-electron chi connectivity index (χ3n) is 5.84. The first-order chi connectivity index (χ1) is 16.8. The highest BCUT2D eigenvalue weighted by molar-refractivity contribution is 6.33.